The first-order valence-electron chi connectivity index (χ1n) is 6.82. The van der Waals surface area contributed by atoms with Crippen LogP contribution >= 0.6 is 11.6 Å². The second kappa shape index (κ2) is 5.95. The molecule has 0 saturated carbocycles. The van der Waals surface area contributed by atoms with Crippen molar-refractivity contribution in [3.05, 3.63) is 53.1 Å². The van der Waals surface area contributed by atoms with Crippen LogP contribution in [0.4, 0.5) is 0 Å². The Hall–Kier alpha value is -1.36. The average molecular weight is 292 g/mol. The summed E-state index contributed by atoms with van der Waals surface area (Å²) in [5, 5.41) is 0.768. The second-order valence-electron chi connectivity index (χ2n) is 5.19. The lowest BCUT2D eigenvalue weighted by molar-refractivity contribution is 0.180. The fourth-order valence-corrected chi connectivity index (χ4v) is 2.82. The van der Waals surface area contributed by atoms with Gasteiger partial charge in [0.25, 0.3) is 0 Å². The normalized spacial score (nSPS) is 20.2. The zero-order chi connectivity index (χ0) is 13.9. The molecule has 2 unspecified atom stereocenters. The fourth-order valence-electron chi connectivity index (χ4n) is 2.63. The maximum atomic E-state index is 6.36. The first kappa shape index (κ1) is 13.6. The molecule has 0 aliphatic carbocycles. The van der Waals surface area contributed by atoms with Gasteiger partial charge >= 0.3 is 0 Å². The summed E-state index contributed by atoms with van der Waals surface area (Å²) in [6.07, 6.45) is 4.67. The molecule has 0 radical (unpaired) electrons. The van der Waals surface area contributed by atoms with E-state index in [9.17, 15) is 0 Å². The van der Waals surface area contributed by atoms with E-state index in [2.05, 4.69) is 9.55 Å². The molecule has 2 heterocycles. The van der Waals surface area contributed by atoms with Gasteiger partial charge < -0.3 is 15.0 Å². The van der Waals surface area contributed by atoms with Gasteiger partial charge in [0.05, 0.1) is 31.2 Å². The predicted molar refractivity (Wildman–Crippen MR) is 78.6 cm³/mol. The van der Waals surface area contributed by atoms with Crippen LogP contribution in [0.5, 0.6) is 0 Å². The van der Waals surface area contributed by atoms with Crippen molar-refractivity contribution in [3.8, 4) is 0 Å². The maximum Gasteiger partial charge on any atom is 0.0951 e. The SMILES string of the molecule is NC(c1cncn1Cc1ccccc1Cl)C1CCOC1. The molecule has 0 amide bonds. The molecule has 1 fully saturated rings. The van der Waals surface area contributed by atoms with Crippen LogP contribution in [-0.4, -0.2) is 22.8 Å². The van der Waals surface area contributed by atoms with Gasteiger partial charge in [-0.05, 0) is 18.1 Å². The van der Waals surface area contributed by atoms with Crippen molar-refractivity contribution in [2.24, 2.45) is 11.7 Å². The summed E-state index contributed by atoms with van der Waals surface area (Å²) in [7, 11) is 0. The van der Waals surface area contributed by atoms with Crippen LogP contribution in [0.1, 0.15) is 23.7 Å². The highest BCUT2D eigenvalue weighted by atomic mass is 35.5. The summed E-state index contributed by atoms with van der Waals surface area (Å²) in [6.45, 7) is 2.23. The van der Waals surface area contributed by atoms with Gasteiger partial charge in [-0.3, -0.25) is 0 Å². The molecule has 1 aliphatic heterocycles. The number of imidazole rings is 1. The van der Waals surface area contributed by atoms with Gasteiger partial charge in [0, 0.05) is 23.7 Å². The number of aromatic nitrogens is 2. The van der Waals surface area contributed by atoms with Crippen LogP contribution in [0.15, 0.2) is 36.8 Å². The summed E-state index contributed by atoms with van der Waals surface area (Å²) in [6, 6.07) is 7.81. The van der Waals surface area contributed by atoms with Gasteiger partial charge in [-0.2, -0.15) is 0 Å². The predicted octanol–water partition coefficient (Wildman–Crippen LogP) is 2.62. The number of benzene rings is 1. The molecule has 106 valence electrons. The molecule has 2 atom stereocenters. The molecule has 1 aromatic carbocycles. The molecular weight excluding hydrogens is 274 g/mol. The second-order valence-corrected chi connectivity index (χ2v) is 5.59. The summed E-state index contributed by atoms with van der Waals surface area (Å²) >= 11 is 6.22. The van der Waals surface area contributed by atoms with E-state index in [-0.39, 0.29) is 6.04 Å². The van der Waals surface area contributed by atoms with Crippen LogP contribution in [-0.2, 0) is 11.3 Å². The van der Waals surface area contributed by atoms with Crippen LogP contribution in [0.25, 0.3) is 0 Å². The van der Waals surface area contributed by atoms with E-state index in [1.165, 1.54) is 0 Å². The molecular formula is C15H18ClN3O. The Morgan fingerprint density at radius 1 is 1.45 bits per heavy atom. The Morgan fingerprint density at radius 2 is 2.30 bits per heavy atom. The number of nitrogens with two attached hydrogens (primary N) is 1. The van der Waals surface area contributed by atoms with Gasteiger partial charge in [0.15, 0.2) is 0 Å². The number of hydrogen-bond donors (Lipinski definition) is 1. The van der Waals surface area contributed by atoms with E-state index in [0.717, 1.165) is 35.9 Å². The smallest absolute Gasteiger partial charge is 0.0951 e. The minimum Gasteiger partial charge on any atom is -0.381 e. The molecule has 0 spiro atoms. The first-order valence-corrected chi connectivity index (χ1v) is 7.20. The van der Waals surface area contributed by atoms with Crippen molar-refractivity contribution in [3.63, 3.8) is 0 Å². The van der Waals surface area contributed by atoms with E-state index in [1.807, 2.05) is 36.8 Å². The van der Waals surface area contributed by atoms with Gasteiger partial charge in [-0.25, -0.2) is 4.98 Å². The number of nitrogens with zero attached hydrogens (tertiary/aromatic N) is 2. The van der Waals surface area contributed by atoms with Crippen LogP contribution in [0.2, 0.25) is 5.02 Å². The third-order valence-corrected chi connectivity index (χ3v) is 4.23. The zero-order valence-electron chi connectivity index (χ0n) is 11.2. The lowest BCUT2D eigenvalue weighted by atomic mass is 9.97. The highest BCUT2D eigenvalue weighted by Crippen LogP contribution is 2.27. The van der Waals surface area contributed by atoms with Gasteiger partial charge in [0.1, 0.15) is 0 Å². The molecule has 1 saturated heterocycles. The van der Waals surface area contributed by atoms with E-state index in [0.29, 0.717) is 12.5 Å². The highest BCUT2D eigenvalue weighted by molar-refractivity contribution is 6.31. The quantitative estimate of drug-likeness (QED) is 0.942. The van der Waals surface area contributed by atoms with E-state index < -0.39 is 0 Å². The highest BCUT2D eigenvalue weighted by Gasteiger charge is 2.26. The average Bonchev–Trinajstić information content (AvgIpc) is 3.11. The summed E-state index contributed by atoms with van der Waals surface area (Å²) in [4.78, 5) is 4.24. The van der Waals surface area contributed by atoms with E-state index in [1.54, 1.807) is 0 Å². The summed E-state index contributed by atoms with van der Waals surface area (Å²) in [5.41, 5.74) is 8.48. The summed E-state index contributed by atoms with van der Waals surface area (Å²) in [5.74, 6) is 0.372. The number of rotatable bonds is 4. The molecule has 1 aliphatic rings. The van der Waals surface area contributed by atoms with Crippen LogP contribution in [0, 0.1) is 5.92 Å². The van der Waals surface area contributed by atoms with Crippen LogP contribution < -0.4 is 5.73 Å². The molecule has 2 N–H and O–H groups in total. The lowest BCUT2D eigenvalue weighted by Gasteiger charge is -2.19. The van der Waals surface area contributed by atoms with Crippen molar-refractivity contribution in [2.45, 2.75) is 19.0 Å². The van der Waals surface area contributed by atoms with Crippen LogP contribution in [0.3, 0.4) is 0 Å². The Kier molecular flexibility index (Phi) is 4.05. The number of hydrogen-bond acceptors (Lipinski definition) is 3. The van der Waals surface area contributed by atoms with Crippen molar-refractivity contribution >= 4 is 11.6 Å². The van der Waals surface area contributed by atoms with Gasteiger partial charge in [-0.1, -0.05) is 29.8 Å². The zero-order valence-corrected chi connectivity index (χ0v) is 12.0. The van der Waals surface area contributed by atoms with Crippen molar-refractivity contribution in [1.82, 2.24) is 9.55 Å². The summed E-state index contributed by atoms with van der Waals surface area (Å²) < 4.78 is 7.50. The number of ether oxygens (including phenoxy) is 1. The fraction of sp³-hybridized carbons (Fsp3) is 0.400. The molecule has 4 nitrogen and oxygen atoms in total. The topological polar surface area (TPSA) is 53.1 Å². The monoisotopic (exact) mass is 291 g/mol. The minimum atomic E-state index is -0.0394. The standard InChI is InChI=1S/C15H18ClN3O/c16-13-4-2-1-3-11(13)8-19-10-18-7-14(19)15(17)12-5-6-20-9-12/h1-4,7,10,12,15H,5-6,8-9,17H2. The molecule has 5 heteroatoms. The molecule has 3 rings (SSSR count). The van der Waals surface area contributed by atoms with Crippen molar-refractivity contribution in [1.29, 1.82) is 0 Å². The van der Waals surface area contributed by atoms with Crippen molar-refractivity contribution < 1.29 is 4.74 Å². The van der Waals surface area contributed by atoms with Gasteiger partial charge in [-0.15, -0.1) is 0 Å². The Bertz CT molecular complexity index is 578. The maximum absolute atomic E-state index is 6.36. The Morgan fingerprint density at radius 3 is 3.05 bits per heavy atom. The van der Waals surface area contributed by atoms with Crippen molar-refractivity contribution in [2.75, 3.05) is 13.2 Å². The third-order valence-electron chi connectivity index (χ3n) is 3.86. The third kappa shape index (κ3) is 2.73. The molecule has 1 aromatic heterocycles. The van der Waals surface area contributed by atoms with E-state index >= 15 is 0 Å². The molecule has 0 bridgehead atoms. The largest absolute Gasteiger partial charge is 0.381 e. The Labute approximate surface area is 123 Å². The number of halogens is 1. The minimum absolute atomic E-state index is 0.0394. The molecule has 2 aromatic rings. The van der Waals surface area contributed by atoms with E-state index in [4.69, 9.17) is 22.1 Å². The Balaban J connectivity index is 1.81. The molecule has 20 heavy (non-hydrogen) atoms. The lowest BCUT2D eigenvalue weighted by Crippen LogP contribution is -2.24. The first-order chi connectivity index (χ1) is 9.75. The van der Waals surface area contributed by atoms with Gasteiger partial charge in [0.2, 0.25) is 0 Å².